The number of hydrogen-bond acceptors (Lipinski definition) is 4. The molecule has 2 amide bonds. The lowest BCUT2D eigenvalue weighted by atomic mass is 10.1. The van der Waals surface area contributed by atoms with Crippen molar-refractivity contribution < 1.29 is 14.4 Å². The van der Waals surface area contributed by atoms with E-state index in [0.717, 1.165) is 0 Å². The van der Waals surface area contributed by atoms with Crippen LogP contribution in [0.1, 0.15) is 38.1 Å². The molecule has 0 aliphatic carbocycles. The predicted octanol–water partition coefficient (Wildman–Crippen LogP) is 4.44. The van der Waals surface area contributed by atoms with Gasteiger partial charge in [0, 0.05) is 33.7 Å². The fraction of sp³-hybridized carbons (Fsp3) is 0.0476. The Hall–Kier alpha value is -3.51. The number of aromatic nitrogens is 1. The summed E-state index contributed by atoms with van der Waals surface area (Å²) in [4.78, 5) is 40.4. The molecule has 0 atom stereocenters. The number of carbonyl (C=O) groups is 3. The average Bonchev–Trinajstić information content (AvgIpc) is 2.70. The fourth-order valence-electron chi connectivity index (χ4n) is 2.44. The molecule has 0 unspecified atom stereocenters. The van der Waals surface area contributed by atoms with Crippen LogP contribution in [0.25, 0.3) is 0 Å². The average molecular weight is 394 g/mol. The first-order valence-electron chi connectivity index (χ1n) is 8.38. The molecule has 1 aromatic heterocycles. The highest BCUT2D eigenvalue weighted by molar-refractivity contribution is 6.30. The van der Waals surface area contributed by atoms with E-state index in [1.807, 2.05) is 0 Å². The number of benzene rings is 2. The molecule has 2 N–H and O–H groups in total. The predicted molar refractivity (Wildman–Crippen MR) is 108 cm³/mol. The van der Waals surface area contributed by atoms with Crippen molar-refractivity contribution in [2.75, 3.05) is 10.6 Å². The minimum Gasteiger partial charge on any atom is -0.322 e. The van der Waals surface area contributed by atoms with E-state index in [1.165, 1.54) is 25.3 Å². The molecule has 0 radical (unpaired) electrons. The van der Waals surface area contributed by atoms with E-state index in [1.54, 1.807) is 48.5 Å². The number of nitrogens with one attached hydrogen (secondary N) is 2. The Morgan fingerprint density at radius 3 is 2.25 bits per heavy atom. The molecule has 1 heterocycles. The van der Waals surface area contributed by atoms with Crippen molar-refractivity contribution in [3.8, 4) is 0 Å². The molecule has 0 bridgehead atoms. The number of rotatable bonds is 5. The molecule has 0 saturated carbocycles. The van der Waals surface area contributed by atoms with Gasteiger partial charge in [-0.05, 0) is 55.5 Å². The van der Waals surface area contributed by atoms with Crippen LogP contribution in [0.5, 0.6) is 0 Å². The minimum atomic E-state index is -0.449. The third kappa shape index (κ3) is 4.81. The molecule has 140 valence electrons. The van der Waals surface area contributed by atoms with Gasteiger partial charge in [-0.3, -0.25) is 19.4 Å². The summed E-state index contributed by atoms with van der Waals surface area (Å²) in [5.41, 5.74) is 1.91. The quantitative estimate of drug-likeness (QED) is 0.627. The van der Waals surface area contributed by atoms with Crippen LogP contribution in [0.2, 0.25) is 5.02 Å². The lowest BCUT2D eigenvalue weighted by Crippen LogP contribution is -2.17. The zero-order valence-corrected chi connectivity index (χ0v) is 15.7. The fourth-order valence-corrected chi connectivity index (χ4v) is 2.57. The van der Waals surface area contributed by atoms with E-state index in [2.05, 4.69) is 15.6 Å². The Kier molecular flexibility index (Phi) is 5.81. The van der Waals surface area contributed by atoms with Crippen molar-refractivity contribution in [3.63, 3.8) is 0 Å². The Morgan fingerprint density at radius 1 is 0.821 bits per heavy atom. The standard InChI is InChI=1S/C21H16ClN3O3/c1-13(26)14-3-2-4-18(11-14)25-20(27)15-9-10-23-19(12-15)21(28)24-17-7-5-16(22)6-8-17/h2-12H,1H3,(H,24,28)(H,25,27). The molecule has 2 aromatic carbocycles. The number of carbonyl (C=O) groups excluding carboxylic acids is 3. The molecule has 0 aliphatic heterocycles. The Morgan fingerprint density at radius 2 is 1.54 bits per heavy atom. The van der Waals surface area contributed by atoms with Crippen molar-refractivity contribution in [3.05, 3.63) is 88.7 Å². The summed E-state index contributed by atoms with van der Waals surface area (Å²) in [6, 6.07) is 16.2. The van der Waals surface area contributed by atoms with E-state index < -0.39 is 11.8 Å². The number of Topliss-reactive ketones (excluding diaryl/α,β-unsaturated/α-hetero) is 1. The van der Waals surface area contributed by atoms with Gasteiger partial charge in [-0.2, -0.15) is 0 Å². The molecule has 28 heavy (non-hydrogen) atoms. The van der Waals surface area contributed by atoms with Crippen LogP contribution in [-0.2, 0) is 0 Å². The number of hydrogen-bond donors (Lipinski definition) is 2. The van der Waals surface area contributed by atoms with Crippen LogP contribution in [0.15, 0.2) is 66.9 Å². The summed E-state index contributed by atoms with van der Waals surface area (Å²) < 4.78 is 0. The number of pyridine rings is 1. The van der Waals surface area contributed by atoms with Crippen LogP contribution in [0, 0.1) is 0 Å². The topological polar surface area (TPSA) is 88.2 Å². The molecule has 0 aliphatic rings. The van der Waals surface area contributed by atoms with Crippen LogP contribution in [-0.4, -0.2) is 22.6 Å². The maximum absolute atomic E-state index is 12.5. The molecule has 3 aromatic rings. The summed E-state index contributed by atoms with van der Waals surface area (Å²) in [6.07, 6.45) is 1.39. The highest BCUT2D eigenvalue weighted by Gasteiger charge is 2.13. The second-order valence-electron chi connectivity index (χ2n) is 5.98. The van der Waals surface area contributed by atoms with E-state index in [0.29, 0.717) is 22.0 Å². The Bertz CT molecular complexity index is 1050. The van der Waals surface area contributed by atoms with Gasteiger partial charge in [0.1, 0.15) is 5.69 Å². The Labute approximate surface area is 166 Å². The largest absolute Gasteiger partial charge is 0.322 e. The van der Waals surface area contributed by atoms with Gasteiger partial charge in [0.2, 0.25) is 0 Å². The molecular formula is C21H16ClN3O3. The Balaban J connectivity index is 1.74. The van der Waals surface area contributed by atoms with Crippen LogP contribution in [0.4, 0.5) is 11.4 Å². The molecule has 3 rings (SSSR count). The van der Waals surface area contributed by atoms with Crippen molar-refractivity contribution in [2.45, 2.75) is 6.92 Å². The second-order valence-corrected chi connectivity index (χ2v) is 6.42. The third-order valence-electron chi connectivity index (χ3n) is 3.88. The normalized spacial score (nSPS) is 10.2. The van der Waals surface area contributed by atoms with E-state index >= 15 is 0 Å². The lowest BCUT2D eigenvalue weighted by Gasteiger charge is -2.08. The zero-order valence-electron chi connectivity index (χ0n) is 14.9. The second kappa shape index (κ2) is 8.45. The minimum absolute atomic E-state index is 0.0961. The first-order valence-corrected chi connectivity index (χ1v) is 8.75. The summed E-state index contributed by atoms with van der Waals surface area (Å²) >= 11 is 5.83. The third-order valence-corrected chi connectivity index (χ3v) is 4.14. The maximum atomic E-state index is 12.5. The van der Waals surface area contributed by atoms with E-state index in [-0.39, 0.29) is 17.0 Å². The van der Waals surface area contributed by atoms with Gasteiger partial charge in [0.05, 0.1) is 0 Å². The van der Waals surface area contributed by atoms with Gasteiger partial charge in [-0.25, -0.2) is 0 Å². The van der Waals surface area contributed by atoms with Crippen molar-refractivity contribution in [1.29, 1.82) is 0 Å². The van der Waals surface area contributed by atoms with Crippen molar-refractivity contribution >= 4 is 40.6 Å². The monoisotopic (exact) mass is 393 g/mol. The SMILES string of the molecule is CC(=O)c1cccc(NC(=O)c2ccnc(C(=O)Nc3ccc(Cl)cc3)c2)c1. The van der Waals surface area contributed by atoms with Gasteiger partial charge < -0.3 is 10.6 Å². The number of ketones is 1. The van der Waals surface area contributed by atoms with Crippen molar-refractivity contribution in [1.82, 2.24) is 4.98 Å². The van der Waals surface area contributed by atoms with Crippen molar-refractivity contribution in [2.24, 2.45) is 0 Å². The van der Waals surface area contributed by atoms with Gasteiger partial charge in [-0.1, -0.05) is 23.7 Å². The zero-order chi connectivity index (χ0) is 20.1. The highest BCUT2D eigenvalue weighted by Crippen LogP contribution is 2.16. The lowest BCUT2D eigenvalue weighted by molar-refractivity contribution is 0.100. The van der Waals surface area contributed by atoms with Gasteiger partial charge >= 0.3 is 0 Å². The number of nitrogens with zero attached hydrogens (tertiary/aromatic N) is 1. The highest BCUT2D eigenvalue weighted by atomic mass is 35.5. The van der Waals surface area contributed by atoms with Gasteiger partial charge in [-0.15, -0.1) is 0 Å². The number of halogens is 1. The van der Waals surface area contributed by atoms with Crippen LogP contribution >= 0.6 is 11.6 Å². The smallest absolute Gasteiger partial charge is 0.274 e. The molecule has 0 spiro atoms. The van der Waals surface area contributed by atoms with E-state index in [9.17, 15) is 14.4 Å². The molecule has 7 heteroatoms. The first kappa shape index (κ1) is 19.3. The first-order chi connectivity index (χ1) is 13.4. The molecule has 6 nitrogen and oxygen atoms in total. The van der Waals surface area contributed by atoms with Crippen LogP contribution < -0.4 is 10.6 Å². The van der Waals surface area contributed by atoms with E-state index in [4.69, 9.17) is 11.6 Å². The molecular weight excluding hydrogens is 378 g/mol. The van der Waals surface area contributed by atoms with Gasteiger partial charge in [0.15, 0.2) is 5.78 Å². The summed E-state index contributed by atoms with van der Waals surface area (Å²) in [5.74, 6) is -0.958. The van der Waals surface area contributed by atoms with Gasteiger partial charge in [0.25, 0.3) is 11.8 Å². The number of anilines is 2. The summed E-state index contributed by atoms with van der Waals surface area (Å²) in [7, 11) is 0. The summed E-state index contributed by atoms with van der Waals surface area (Å²) in [6.45, 7) is 1.45. The molecule has 0 saturated heterocycles. The number of amides is 2. The summed E-state index contributed by atoms with van der Waals surface area (Å²) in [5, 5.41) is 5.96. The molecule has 0 fully saturated rings. The van der Waals surface area contributed by atoms with Crippen LogP contribution in [0.3, 0.4) is 0 Å². The maximum Gasteiger partial charge on any atom is 0.274 e.